The summed E-state index contributed by atoms with van der Waals surface area (Å²) in [5.74, 6) is 1.02. The third-order valence-corrected chi connectivity index (χ3v) is 6.63. The second kappa shape index (κ2) is 10.9. The van der Waals surface area contributed by atoms with E-state index in [0.717, 1.165) is 49.6 Å². The van der Waals surface area contributed by atoms with E-state index in [1.807, 2.05) is 53.1 Å². The van der Waals surface area contributed by atoms with E-state index >= 15 is 0 Å². The van der Waals surface area contributed by atoms with E-state index in [9.17, 15) is 9.59 Å². The first-order valence-electron chi connectivity index (χ1n) is 11.0. The zero-order chi connectivity index (χ0) is 23.2. The highest BCUT2D eigenvalue weighted by molar-refractivity contribution is 7.99. The number of anilines is 1. The summed E-state index contributed by atoms with van der Waals surface area (Å²) in [6.07, 6.45) is 2.99. The second-order valence-electron chi connectivity index (χ2n) is 7.93. The fourth-order valence-electron chi connectivity index (χ4n) is 3.77. The second-order valence-corrected chi connectivity index (χ2v) is 9.31. The van der Waals surface area contributed by atoms with Crippen LogP contribution < -0.4 is 10.2 Å². The average Bonchev–Trinajstić information content (AvgIpc) is 3.47. The van der Waals surface area contributed by atoms with Gasteiger partial charge in [0.25, 0.3) is 0 Å². The summed E-state index contributed by atoms with van der Waals surface area (Å²) in [6.45, 7) is 3.96. The lowest BCUT2D eigenvalue weighted by Crippen LogP contribution is -2.22. The van der Waals surface area contributed by atoms with Crippen molar-refractivity contribution in [3.63, 3.8) is 0 Å². The van der Waals surface area contributed by atoms with Crippen LogP contribution in [0.25, 0.3) is 5.69 Å². The standard InChI is InChI=1S/C24H26ClN5O2S/c1-17(31)26-12-11-18-7-9-19(10-8-18)22(32)16-33-24-28-27-23(29-13-2-3-14-29)30(24)21-6-4-5-20(25)15-21/h4-10,15H,2-3,11-14,16H2,1H3,(H,26,31). The molecule has 0 radical (unpaired) electrons. The number of nitrogens with zero attached hydrogens (tertiary/aromatic N) is 4. The topological polar surface area (TPSA) is 80.1 Å². The molecule has 0 unspecified atom stereocenters. The van der Waals surface area contributed by atoms with Crippen LogP contribution in [0.5, 0.6) is 0 Å². The largest absolute Gasteiger partial charge is 0.356 e. The van der Waals surface area contributed by atoms with Crippen LogP contribution in [0.2, 0.25) is 5.02 Å². The Morgan fingerprint density at radius 1 is 1.09 bits per heavy atom. The van der Waals surface area contributed by atoms with Crippen molar-refractivity contribution in [1.82, 2.24) is 20.1 Å². The minimum absolute atomic E-state index is 0.0248. The number of hydrogen-bond acceptors (Lipinski definition) is 6. The van der Waals surface area contributed by atoms with Crippen molar-refractivity contribution in [3.05, 3.63) is 64.7 Å². The summed E-state index contributed by atoms with van der Waals surface area (Å²) in [6, 6.07) is 15.1. The number of ketones is 1. The molecule has 0 bridgehead atoms. The maximum Gasteiger partial charge on any atom is 0.232 e. The molecule has 0 atom stereocenters. The number of aromatic nitrogens is 3. The molecule has 9 heteroatoms. The Hall–Kier alpha value is -2.84. The molecule has 2 heterocycles. The first-order chi connectivity index (χ1) is 16.0. The number of hydrogen-bond donors (Lipinski definition) is 1. The molecule has 0 saturated carbocycles. The van der Waals surface area contributed by atoms with Crippen LogP contribution in [-0.2, 0) is 11.2 Å². The van der Waals surface area contributed by atoms with Gasteiger partial charge in [-0.3, -0.25) is 14.2 Å². The predicted molar refractivity (Wildman–Crippen MR) is 132 cm³/mol. The van der Waals surface area contributed by atoms with Crippen molar-refractivity contribution < 1.29 is 9.59 Å². The maximum absolute atomic E-state index is 12.8. The Balaban J connectivity index is 1.46. The van der Waals surface area contributed by atoms with Crippen LogP contribution in [0.15, 0.2) is 53.7 Å². The lowest BCUT2D eigenvalue weighted by molar-refractivity contribution is -0.118. The molecular formula is C24H26ClN5O2S. The normalized spacial score (nSPS) is 13.3. The van der Waals surface area contributed by atoms with Gasteiger partial charge < -0.3 is 10.2 Å². The number of carbonyl (C=O) groups is 2. The maximum atomic E-state index is 12.8. The molecule has 0 spiro atoms. The fourth-order valence-corrected chi connectivity index (χ4v) is 4.80. The van der Waals surface area contributed by atoms with E-state index < -0.39 is 0 Å². The van der Waals surface area contributed by atoms with E-state index in [1.54, 1.807) is 0 Å². The Kier molecular flexibility index (Phi) is 7.67. The van der Waals surface area contributed by atoms with Crippen LogP contribution in [0, 0.1) is 0 Å². The number of benzene rings is 2. The van der Waals surface area contributed by atoms with Gasteiger partial charge >= 0.3 is 0 Å². The molecule has 1 amide bonds. The zero-order valence-corrected chi connectivity index (χ0v) is 20.0. The summed E-state index contributed by atoms with van der Waals surface area (Å²) < 4.78 is 1.99. The Labute approximate surface area is 202 Å². The number of carbonyl (C=O) groups excluding carboxylic acids is 2. The molecule has 0 aliphatic carbocycles. The minimum Gasteiger partial charge on any atom is -0.356 e. The smallest absolute Gasteiger partial charge is 0.232 e. The summed E-state index contributed by atoms with van der Waals surface area (Å²) in [5, 5.41) is 12.9. The Bertz CT molecular complexity index is 1130. The number of nitrogens with one attached hydrogen (secondary N) is 1. The zero-order valence-electron chi connectivity index (χ0n) is 18.5. The van der Waals surface area contributed by atoms with E-state index in [0.29, 0.717) is 22.3 Å². The summed E-state index contributed by atoms with van der Waals surface area (Å²) in [4.78, 5) is 26.0. The van der Waals surface area contributed by atoms with E-state index in [1.165, 1.54) is 18.7 Å². The van der Waals surface area contributed by atoms with Crippen molar-refractivity contribution in [2.45, 2.75) is 31.3 Å². The van der Waals surface area contributed by atoms with Crippen LogP contribution in [0.1, 0.15) is 35.7 Å². The molecule has 1 aliphatic rings. The number of Topliss-reactive ketones (excluding diaryl/α,β-unsaturated/α-hetero) is 1. The number of thioether (sulfide) groups is 1. The molecule has 7 nitrogen and oxygen atoms in total. The SMILES string of the molecule is CC(=O)NCCc1ccc(C(=O)CSc2nnc(N3CCCC3)n2-c2cccc(Cl)c2)cc1. The fraction of sp³-hybridized carbons (Fsp3) is 0.333. The third-order valence-electron chi connectivity index (χ3n) is 5.47. The highest BCUT2D eigenvalue weighted by atomic mass is 35.5. The molecular weight excluding hydrogens is 458 g/mol. The van der Waals surface area contributed by atoms with E-state index in [2.05, 4.69) is 20.4 Å². The molecule has 172 valence electrons. The number of halogens is 1. The van der Waals surface area contributed by atoms with Gasteiger partial charge in [-0.25, -0.2) is 0 Å². The quantitative estimate of drug-likeness (QED) is 0.363. The van der Waals surface area contributed by atoms with E-state index in [-0.39, 0.29) is 17.4 Å². The highest BCUT2D eigenvalue weighted by Gasteiger charge is 2.23. The van der Waals surface area contributed by atoms with Crippen molar-refractivity contribution in [2.75, 3.05) is 30.3 Å². The van der Waals surface area contributed by atoms with E-state index in [4.69, 9.17) is 11.6 Å². The summed E-state index contributed by atoms with van der Waals surface area (Å²) >= 11 is 7.62. The van der Waals surface area contributed by atoms with Gasteiger partial charge in [-0.2, -0.15) is 0 Å². The van der Waals surface area contributed by atoms with Gasteiger partial charge in [0.1, 0.15) is 0 Å². The predicted octanol–water partition coefficient (Wildman–Crippen LogP) is 4.17. The Morgan fingerprint density at radius 2 is 1.85 bits per heavy atom. The molecule has 1 N–H and O–H groups in total. The van der Waals surface area contributed by atoms with Crippen LogP contribution in [0.4, 0.5) is 5.95 Å². The number of amides is 1. The van der Waals surface area contributed by atoms with Crippen LogP contribution >= 0.6 is 23.4 Å². The van der Waals surface area contributed by atoms with Gasteiger partial charge in [-0.15, -0.1) is 10.2 Å². The van der Waals surface area contributed by atoms with Gasteiger partial charge in [0.2, 0.25) is 11.9 Å². The van der Waals surface area contributed by atoms with Crippen LogP contribution in [-0.4, -0.2) is 51.8 Å². The molecule has 4 rings (SSSR count). The highest BCUT2D eigenvalue weighted by Crippen LogP contribution is 2.30. The van der Waals surface area contributed by atoms with Gasteiger partial charge in [-0.05, 0) is 43.0 Å². The van der Waals surface area contributed by atoms with Gasteiger partial charge in [0, 0.05) is 37.1 Å². The molecule has 1 aliphatic heterocycles. The lowest BCUT2D eigenvalue weighted by atomic mass is 10.1. The first-order valence-corrected chi connectivity index (χ1v) is 12.3. The monoisotopic (exact) mass is 483 g/mol. The van der Waals surface area contributed by atoms with Gasteiger partial charge in [0.05, 0.1) is 11.4 Å². The van der Waals surface area contributed by atoms with Crippen molar-refractivity contribution >= 4 is 41.0 Å². The molecule has 3 aromatic rings. The summed E-state index contributed by atoms with van der Waals surface area (Å²) in [5.41, 5.74) is 2.61. The van der Waals surface area contributed by atoms with Crippen molar-refractivity contribution in [1.29, 1.82) is 0 Å². The average molecular weight is 484 g/mol. The molecule has 1 saturated heterocycles. The van der Waals surface area contributed by atoms with Crippen molar-refractivity contribution in [3.8, 4) is 5.69 Å². The molecule has 33 heavy (non-hydrogen) atoms. The molecule has 2 aromatic carbocycles. The third kappa shape index (κ3) is 5.94. The van der Waals surface area contributed by atoms with Crippen LogP contribution in [0.3, 0.4) is 0 Å². The first kappa shape index (κ1) is 23.3. The van der Waals surface area contributed by atoms with Gasteiger partial charge in [-0.1, -0.05) is 53.7 Å². The minimum atomic E-state index is -0.0441. The lowest BCUT2D eigenvalue weighted by Gasteiger charge is -2.18. The Morgan fingerprint density at radius 3 is 2.55 bits per heavy atom. The molecule has 1 fully saturated rings. The van der Waals surface area contributed by atoms with Gasteiger partial charge in [0.15, 0.2) is 10.9 Å². The van der Waals surface area contributed by atoms with Crippen molar-refractivity contribution in [2.24, 2.45) is 0 Å². The molecule has 1 aromatic heterocycles. The number of rotatable bonds is 9. The summed E-state index contributed by atoms with van der Waals surface area (Å²) in [7, 11) is 0.